The Morgan fingerprint density at radius 1 is 1.05 bits per heavy atom. The van der Waals surface area contributed by atoms with Crippen LogP contribution in [0.25, 0.3) is 0 Å². The Balaban J connectivity index is 1.82. The van der Waals surface area contributed by atoms with Gasteiger partial charge in [-0.3, -0.25) is 5.32 Å². The number of carbonyl (C=O) groups excluding carboxylic acids is 1. The van der Waals surface area contributed by atoms with Crippen molar-refractivity contribution in [2.75, 3.05) is 12.2 Å². The van der Waals surface area contributed by atoms with Crippen LogP contribution in [0.2, 0.25) is 0 Å². The van der Waals surface area contributed by atoms with Crippen molar-refractivity contribution in [1.29, 1.82) is 0 Å². The summed E-state index contributed by atoms with van der Waals surface area (Å²) >= 11 is 0. The molecule has 0 unspecified atom stereocenters. The van der Waals surface area contributed by atoms with E-state index in [1.54, 1.807) is 24.3 Å². The van der Waals surface area contributed by atoms with Gasteiger partial charge in [-0.05, 0) is 29.8 Å². The van der Waals surface area contributed by atoms with E-state index in [2.05, 4.69) is 10.1 Å². The van der Waals surface area contributed by atoms with Crippen molar-refractivity contribution in [3.63, 3.8) is 0 Å². The number of ether oxygens (including phenoxy) is 2. The highest BCUT2D eigenvalue weighted by molar-refractivity contribution is 5.84. The van der Waals surface area contributed by atoms with Gasteiger partial charge in [0.2, 0.25) is 6.86 Å². The molecule has 0 spiro atoms. The van der Waals surface area contributed by atoms with Gasteiger partial charge >= 0.3 is 6.09 Å². The largest absolute Gasteiger partial charge is 0.463 e. The summed E-state index contributed by atoms with van der Waals surface area (Å²) in [5, 5.41) is 2.57. The fourth-order valence-corrected chi connectivity index (χ4v) is 1.57. The minimum atomic E-state index is -0.883. The number of carbonyl (C=O) groups is 1. The Morgan fingerprint density at radius 3 is 2.40 bits per heavy atom. The normalized spacial score (nSPS) is 9.85. The number of amides is 1. The monoisotopic (exact) mass is 275 g/mol. The van der Waals surface area contributed by atoms with Gasteiger partial charge in [0.05, 0.1) is 0 Å². The lowest BCUT2D eigenvalue weighted by molar-refractivity contribution is 0.155. The standard InChI is InChI=1S/C15H14FNO3/c16-11-20-14-8-6-13(7-9-14)17-15(18)19-10-12-4-2-1-3-5-12/h1-9H,10-11H2,(H,17,18). The third kappa shape index (κ3) is 4.28. The van der Waals surface area contributed by atoms with Crippen molar-refractivity contribution in [2.45, 2.75) is 6.61 Å². The van der Waals surface area contributed by atoms with Crippen LogP contribution in [0, 0.1) is 0 Å². The Morgan fingerprint density at radius 2 is 1.75 bits per heavy atom. The maximum absolute atomic E-state index is 11.9. The maximum atomic E-state index is 11.9. The molecule has 0 fully saturated rings. The predicted octanol–water partition coefficient (Wildman–Crippen LogP) is 3.74. The van der Waals surface area contributed by atoms with Crippen LogP contribution in [-0.4, -0.2) is 13.0 Å². The van der Waals surface area contributed by atoms with Gasteiger partial charge < -0.3 is 9.47 Å². The summed E-state index contributed by atoms with van der Waals surface area (Å²) in [6.07, 6.45) is -0.548. The molecule has 4 nitrogen and oxygen atoms in total. The lowest BCUT2D eigenvalue weighted by Crippen LogP contribution is -2.13. The third-order valence-electron chi connectivity index (χ3n) is 2.53. The quantitative estimate of drug-likeness (QED) is 0.904. The molecule has 0 bridgehead atoms. The molecule has 0 aromatic heterocycles. The minimum absolute atomic E-state index is 0.204. The molecular weight excluding hydrogens is 261 g/mol. The summed E-state index contributed by atoms with van der Waals surface area (Å²) in [5.41, 5.74) is 1.46. The molecule has 1 amide bonds. The number of anilines is 1. The second-order valence-corrected chi connectivity index (χ2v) is 3.96. The van der Waals surface area contributed by atoms with Crippen LogP contribution < -0.4 is 10.1 Å². The van der Waals surface area contributed by atoms with Gasteiger partial charge in [0.15, 0.2) is 0 Å². The first kappa shape index (κ1) is 13.9. The smallest absolute Gasteiger partial charge is 0.411 e. The van der Waals surface area contributed by atoms with Gasteiger partial charge in [0.25, 0.3) is 0 Å². The maximum Gasteiger partial charge on any atom is 0.411 e. The zero-order valence-electron chi connectivity index (χ0n) is 10.7. The first-order valence-electron chi connectivity index (χ1n) is 6.04. The van der Waals surface area contributed by atoms with Gasteiger partial charge in [-0.15, -0.1) is 0 Å². The van der Waals surface area contributed by atoms with Crippen LogP contribution in [0.5, 0.6) is 5.75 Å². The van der Waals surface area contributed by atoms with E-state index in [9.17, 15) is 9.18 Å². The Kier molecular flexibility index (Phi) is 4.94. The molecule has 0 saturated heterocycles. The number of hydrogen-bond acceptors (Lipinski definition) is 3. The van der Waals surface area contributed by atoms with Gasteiger partial charge in [-0.2, -0.15) is 0 Å². The summed E-state index contributed by atoms with van der Waals surface area (Å²) in [5.74, 6) is 0.399. The molecule has 0 heterocycles. The van der Waals surface area contributed by atoms with Crippen LogP contribution in [-0.2, 0) is 11.3 Å². The number of alkyl halides is 1. The first-order chi connectivity index (χ1) is 9.78. The molecule has 2 aromatic rings. The molecule has 104 valence electrons. The molecule has 20 heavy (non-hydrogen) atoms. The lowest BCUT2D eigenvalue weighted by Gasteiger charge is -2.07. The predicted molar refractivity (Wildman–Crippen MR) is 73.3 cm³/mol. The molecule has 0 aliphatic rings. The van der Waals surface area contributed by atoms with Crippen molar-refractivity contribution >= 4 is 11.8 Å². The van der Waals surface area contributed by atoms with Gasteiger partial charge in [-0.25, -0.2) is 9.18 Å². The molecule has 2 aromatic carbocycles. The molecule has 5 heteroatoms. The topological polar surface area (TPSA) is 47.6 Å². The van der Waals surface area contributed by atoms with Gasteiger partial charge in [0, 0.05) is 5.69 Å². The number of benzene rings is 2. The Hall–Kier alpha value is -2.56. The molecule has 0 aliphatic heterocycles. The van der Waals surface area contributed by atoms with Crippen molar-refractivity contribution < 1.29 is 18.7 Å². The molecular formula is C15H14FNO3. The molecule has 0 aliphatic carbocycles. The molecule has 2 rings (SSSR count). The highest BCUT2D eigenvalue weighted by atomic mass is 19.1. The van der Waals surface area contributed by atoms with Crippen LogP contribution in [0.1, 0.15) is 5.56 Å². The SMILES string of the molecule is O=C(Nc1ccc(OCF)cc1)OCc1ccccc1. The molecule has 0 radical (unpaired) electrons. The number of halogens is 1. The van der Waals surface area contributed by atoms with Crippen LogP contribution >= 0.6 is 0 Å². The fraction of sp³-hybridized carbons (Fsp3) is 0.133. The summed E-state index contributed by atoms with van der Waals surface area (Å²) < 4.78 is 21.7. The number of nitrogens with one attached hydrogen (secondary N) is 1. The average Bonchev–Trinajstić information content (AvgIpc) is 2.49. The van der Waals surface area contributed by atoms with E-state index in [0.29, 0.717) is 11.4 Å². The van der Waals surface area contributed by atoms with Gasteiger partial charge in [0.1, 0.15) is 12.4 Å². The zero-order chi connectivity index (χ0) is 14.2. The second-order valence-electron chi connectivity index (χ2n) is 3.96. The van der Waals surface area contributed by atoms with Crippen LogP contribution in [0.3, 0.4) is 0 Å². The van der Waals surface area contributed by atoms with Crippen molar-refractivity contribution in [1.82, 2.24) is 0 Å². The van der Waals surface area contributed by atoms with E-state index in [1.165, 1.54) is 0 Å². The van der Waals surface area contributed by atoms with E-state index >= 15 is 0 Å². The van der Waals surface area contributed by atoms with E-state index in [4.69, 9.17) is 4.74 Å². The Labute approximate surface area is 116 Å². The second kappa shape index (κ2) is 7.13. The first-order valence-corrected chi connectivity index (χ1v) is 6.04. The zero-order valence-corrected chi connectivity index (χ0v) is 10.7. The van der Waals surface area contributed by atoms with E-state index < -0.39 is 13.0 Å². The van der Waals surface area contributed by atoms with E-state index in [0.717, 1.165) is 5.56 Å². The lowest BCUT2D eigenvalue weighted by atomic mass is 10.2. The summed E-state index contributed by atoms with van der Waals surface area (Å²) in [6.45, 7) is -0.679. The third-order valence-corrected chi connectivity index (χ3v) is 2.53. The van der Waals surface area contributed by atoms with Crippen LogP contribution in [0.4, 0.5) is 14.9 Å². The molecule has 0 atom stereocenters. The number of hydrogen-bond donors (Lipinski definition) is 1. The highest BCUT2D eigenvalue weighted by Crippen LogP contribution is 2.16. The van der Waals surface area contributed by atoms with E-state index in [-0.39, 0.29) is 6.61 Å². The minimum Gasteiger partial charge on any atom is -0.463 e. The fourth-order valence-electron chi connectivity index (χ4n) is 1.57. The molecule has 1 N–H and O–H groups in total. The summed E-state index contributed by atoms with van der Waals surface area (Å²) in [4.78, 5) is 11.6. The summed E-state index contributed by atoms with van der Waals surface area (Å²) in [7, 11) is 0. The van der Waals surface area contributed by atoms with E-state index in [1.807, 2.05) is 30.3 Å². The van der Waals surface area contributed by atoms with Crippen molar-refractivity contribution in [3.05, 3.63) is 60.2 Å². The summed E-state index contributed by atoms with van der Waals surface area (Å²) in [6, 6.07) is 15.7. The average molecular weight is 275 g/mol. The number of rotatable bonds is 5. The molecule has 0 saturated carbocycles. The van der Waals surface area contributed by atoms with Crippen molar-refractivity contribution in [3.8, 4) is 5.75 Å². The van der Waals surface area contributed by atoms with Crippen LogP contribution in [0.15, 0.2) is 54.6 Å². The Bertz CT molecular complexity index is 543. The highest BCUT2D eigenvalue weighted by Gasteiger charge is 2.03. The van der Waals surface area contributed by atoms with Crippen molar-refractivity contribution in [2.24, 2.45) is 0 Å². The van der Waals surface area contributed by atoms with Gasteiger partial charge in [-0.1, -0.05) is 30.3 Å².